The first-order chi connectivity index (χ1) is 5.65. The summed E-state index contributed by atoms with van der Waals surface area (Å²) in [7, 11) is 1.78. The minimum Gasteiger partial charge on any atom is -0.386 e. The van der Waals surface area contributed by atoms with Crippen molar-refractivity contribution >= 4 is 11.5 Å². The minimum atomic E-state index is -0.0111. The molecule has 1 N–H and O–H groups in total. The molecule has 0 aliphatic heterocycles. The highest BCUT2D eigenvalue weighted by Gasteiger charge is 2.06. The summed E-state index contributed by atoms with van der Waals surface area (Å²) >= 11 is 0. The van der Waals surface area contributed by atoms with Crippen molar-refractivity contribution in [3.8, 4) is 0 Å². The molecule has 1 heterocycles. The number of Topliss-reactive ketones (excluding diaryl/α,β-unsaturated/α-hetero) is 1. The minimum absolute atomic E-state index is 0.0111. The van der Waals surface area contributed by atoms with E-state index in [1.165, 1.54) is 6.92 Å². The van der Waals surface area contributed by atoms with Crippen LogP contribution in [0.3, 0.4) is 0 Å². The monoisotopic (exact) mass is 164 g/mol. The predicted molar refractivity (Wildman–Crippen MR) is 48.5 cm³/mol. The highest BCUT2D eigenvalue weighted by Crippen LogP contribution is 2.13. The van der Waals surface area contributed by atoms with Crippen molar-refractivity contribution in [2.75, 3.05) is 12.4 Å². The maximum absolute atomic E-state index is 11.1. The number of hydrogen-bond donors (Lipinski definition) is 1. The van der Waals surface area contributed by atoms with Crippen LogP contribution in [0.2, 0.25) is 0 Å². The summed E-state index contributed by atoms with van der Waals surface area (Å²) in [4.78, 5) is 15.2. The molecule has 12 heavy (non-hydrogen) atoms. The first-order valence-corrected chi connectivity index (χ1v) is 3.81. The molecule has 3 heteroatoms. The maximum Gasteiger partial charge on any atom is 0.180 e. The third-order valence-electron chi connectivity index (χ3n) is 1.64. The normalized spacial score (nSPS) is 9.58. The molecule has 3 nitrogen and oxygen atoms in total. The lowest BCUT2D eigenvalue weighted by atomic mass is 10.2. The van der Waals surface area contributed by atoms with Gasteiger partial charge in [-0.2, -0.15) is 0 Å². The lowest BCUT2D eigenvalue weighted by molar-refractivity contribution is 0.101. The van der Waals surface area contributed by atoms with Crippen molar-refractivity contribution in [1.82, 2.24) is 4.98 Å². The molecule has 1 rings (SSSR count). The van der Waals surface area contributed by atoms with Crippen molar-refractivity contribution < 1.29 is 4.79 Å². The Morgan fingerprint density at radius 1 is 1.50 bits per heavy atom. The van der Waals surface area contributed by atoms with Gasteiger partial charge in [-0.05, 0) is 19.1 Å². The molecule has 0 saturated carbocycles. The molecule has 64 valence electrons. The van der Waals surface area contributed by atoms with E-state index in [9.17, 15) is 4.79 Å². The average Bonchev–Trinajstić information content (AvgIpc) is 2.04. The topological polar surface area (TPSA) is 42.0 Å². The quantitative estimate of drug-likeness (QED) is 0.675. The number of rotatable bonds is 2. The summed E-state index contributed by atoms with van der Waals surface area (Å²) in [5.41, 5.74) is 2.16. The number of nitrogens with one attached hydrogen (secondary N) is 1. The number of carbonyl (C=O) groups excluding carboxylic acids is 1. The van der Waals surface area contributed by atoms with Crippen LogP contribution < -0.4 is 5.32 Å². The van der Waals surface area contributed by atoms with Crippen LogP contribution >= 0.6 is 0 Å². The van der Waals surface area contributed by atoms with Gasteiger partial charge in [0.25, 0.3) is 0 Å². The van der Waals surface area contributed by atoms with Crippen LogP contribution in [0.15, 0.2) is 12.1 Å². The zero-order valence-electron chi connectivity index (χ0n) is 7.51. The molecular weight excluding hydrogens is 152 g/mol. The van der Waals surface area contributed by atoms with Gasteiger partial charge in [0, 0.05) is 19.7 Å². The molecular formula is C9H12N2O. The van der Waals surface area contributed by atoms with Crippen LogP contribution in [-0.4, -0.2) is 17.8 Å². The molecule has 1 aromatic rings. The Labute approximate surface area is 71.8 Å². The molecule has 0 fully saturated rings. The van der Waals surface area contributed by atoms with Crippen molar-refractivity contribution in [2.24, 2.45) is 0 Å². The zero-order chi connectivity index (χ0) is 9.14. The van der Waals surface area contributed by atoms with Crippen LogP contribution in [0.5, 0.6) is 0 Å². The number of nitrogens with zero attached hydrogens (tertiary/aromatic N) is 1. The van der Waals surface area contributed by atoms with Gasteiger partial charge in [0.1, 0.15) is 5.69 Å². The molecule has 0 unspecified atom stereocenters. The van der Waals surface area contributed by atoms with Gasteiger partial charge in [-0.15, -0.1) is 0 Å². The van der Waals surface area contributed by atoms with Gasteiger partial charge in [-0.25, -0.2) is 4.98 Å². The predicted octanol–water partition coefficient (Wildman–Crippen LogP) is 1.63. The molecule has 0 bridgehead atoms. The van der Waals surface area contributed by atoms with E-state index in [1.54, 1.807) is 7.05 Å². The van der Waals surface area contributed by atoms with Gasteiger partial charge in [-0.3, -0.25) is 4.79 Å². The van der Waals surface area contributed by atoms with Gasteiger partial charge in [0.15, 0.2) is 5.78 Å². The van der Waals surface area contributed by atoms with Crippen LogP contribution in [-0.2, 0) is 0 Å². The summed E-state index contributed by atoms with van der Waals surface area (Å²) in [5, 5.41) is 2.92. The third kappa shape index (κ3) is 1.61. The van der Waals surface area contributed by atoms with Crippen LogP contribution in [0.25, 0.3) is 0 Å². The average molecular weight is 164 g/mol. The van der Waals surface area contributed by atoms with Gasteiger partial charge in [0.2, 0.25) is 0 Å². The first-order valence-electron chi connectivity index (χ1n) is 3.81. The van der Waals surface area contributed by atoms with Crippen LogP contribution in [0, 0.1) is 6.92 Å². The molecule has 0 amide bonds. The Hall–Kier alpha value is -1.38. The van der Waals surface area contributed by atoms with E-state index >= 15 is 0 Å². The standard InChI is InChI=1S/C9H12N2O/c1-6-4-5-8(10-3)9(11-6)7(2)12/h4-5,10H,1-3H3. The Balaban J connectivity index is 3.21. The summed E-state index contributed by atoms with van der Waals surface area (Å²) in [6.45, 7) is 3.38. The zero-order valence-corrected chi connectivity index (χ0v) is 7.51. The number of aryl methyl sites for hydroxylation is 1. The second-order valence-corrected chi connectivity index (χ2v) is 2.65. The molecule has 0 atom stereocenters. The van der Waals surface area contributed by atoms with Crippen molar-refractivity contribution in [3.63, 3.8) is 0 Å². The Kier molecular flexibility index (Phi) is 2.43. The van der Waals surface area contributed by atoms with E-state index in [0.717, 1.165) is 11.4 Å². The SMILES string of the molecule is CNc1ccc(C)nc1C(C)=O. The summed E-state index contributed by atoms with van der Waals surface area (Å²) < 4.78 is 0. The Bertz CT molecular complexity index is 307. The second-order valence-electron chi connectivity index (χ2n) is 2.65. The molecule has 1 aromatic heterocycles. The van der Waals surface area contributed by atoms with E-state index < -0.39 is 0 Å². The first kappa shape index (κ1) is 8.71. The molecule has 0 radical (unpaired) electrons. The van der Waals surface area contributed by atoms with Crippen LogP contribution in [0.1, 0.15) is 23.1 Å². The summed E-state index contributed by atoms with van der Waals surface area (Å²) in [6.07, 6.45) is 0. The molecule has 0 spiro atoms. The number of anilines is 1. The Morgan fingerprint density at radius 3 is 2.67 bits per heavy atom. The van der Waals surface area contributed by atoms with E-state index in [4.69, 9.17) is 0 Å². The highest BCUT2D eigenvalue weighted by molar-refractivity contribution is 5.97. The maximum atomic E-state index is 11.1. The van der Waals surface area contributed by atoms with Gasteiger partial charge in [-0.1, -0.05) is 0 Å². The van der Waals surface area contributed by atoms with E-state index in [2.05, 4.69) is 10.3 Å². The summed E-state index contributed by atoms with van der Waals surface area (Å²) in [6, 6.07) is 3.73. The fourth-order valence-corrected chi connectivity index (χ4v) is 1.03. The van der Waals surface area contributed by atoms with Gasteiger partial charge in [0.05, 0.1) is 5.69 Å². The smallest absolute Gasteiger partial charge is 0.180 e. The summed E-state index contributed by atoms with van der Waals surface area (Å²) in [5.74, 6) is -0.0111. The number of carbonyl (C=O) groups is 1. The fourth-order valence-electron chi connectivity index (χ4n) is 1.03. The number of pyridine rings is 1. The van der Waals surface area contributed by atoms with Crippen LogP contribution in [0.4, 0.5) is 5.69 Å². The van der Waals surface area contributed by atoms with Crippen molar-refractivity contribution in [3.05, 3.63) is 23.5 Å². The van der Waals surface area contributed by atoms with E-state index in [-0.39, 0.29) is 5.78 Å². The lowest BCUT2D eigenvalue weighted by Crippen LogP contribution is -2.04. The van der Waals surface area contributed by atoms with Gasteiger partial charge < -0.3 is 5.32 Å². The Morgan fingerprint density at radius 2 is 2.17 bits per heavy atom. The van der Waals surface area contributed by atoms with E-state index in [0.29, 0.717) is 5.69 Å². The number of hydrogen-bond acceptors (Lipinski definition) is 3. The fraction of sp³-hybridized carbons (Fsp3) is 0.333. The van der Waals surface area contributed by atoms with Crippen molar-refractivity contribution in [1.29, 1.82) is 0 Å². The van der Waals surface area contributed by atoms with Crippen molar-refractivity contribution in [2.45, 2.75) is 13.8 Å². The molecule has 0 aliphatic rings. The number of aromatic nitrogens is 1. The van der Waals surface area contributed by atoms with Gasteiger partial charge >= 0.3 is 0 Å². The third-order valence-corrected chi connectivity index (χ3v) is 1.64. The molecule has 0 aromatic carbocycles. The number of ketones is 1. The highest BCUT2D eigenvalue weighted by atomic mass is 16.1. The largest absolute Gasteiger partial charge is 0.386 e. The molecule has 0 aliphatic carbocycles. The second kappa shape index (κ2) is 3.34. The van der Waals surface area contributed by atoms with E-state index in [1.807, 2.05) is 19.1 Å². The molecule has 0 saturated heterocycles. The lowest BCUT2D eigenvalue weighted by Gasteiger charge is -2.05.